The summed E-state index contributed by atoms with van der Waals surface area (Å²) in [5.74, 6) is 2.61. The van der Waals surface area contributed by atoms with E-state index >= 15 is 0 Å². The number of piperazine rings is 1. The Balaban J connectivity index is 1.73. The standard InChI is InChI=1S/C17H35N5/c1-15(2)13-21-8-10-22(11-9-21)17(18-3)19-12-16-6-5-7-20(4)14-16/h15-16H,5-14H2,1-4H3,(H,18,19). The maximum atomic E-state index is 4.50. The second-order valence-corrected chi connectivity index (χ2v) is 7.38. The minimum absolute atomic E-state index is 0.757. The molecule has 2 aliphatic rings. The Labute approximate surface area is 136 Å². The largest absolute Gasteiger partial charge is 0.356 e. The van der Waals surface area contributed by atoms with Crippen LogP contribution in [0, 0.1) is 11.8 Å². The van der Waals surface area contributed by atoms with Crippen molar-refractivity contribution >= 4 is 5.96 Å². The first-order valence-electron chi connectivity index (χ1n) is 8.95. The van der Waals surface area contributed by atoms with Gasteiger partial charge in [0.15, 0.2) is 5.96 Å². The van der Waals surface area contributed by atoms with Crippen LogP contribution in [0.3, 0.4) is 0 Å². The predicted molar refractivity (Wildman–Crippen MR) is 94.4 cm³/mol. The van der Waals surface area contributed by atoms with Crippen LogP contribution in [0.2, 0.25) is 0 Å². The quantitative estimate of drug-likeness (QED) is 0.625. The third-order valence-electron chi connectivity index (χ3n) is 4.78. The number of piperidine rings is 1. The Morgan fingerprint density at radius 3 is 2.50 bits per heavy atom. The Hall–Kier alpha value is -0.810. The second-order valence-electron chi connectivity index (χ2n) is 7.38. The van der Waals surface area contributed by atoms with Crippen LogP contribution in [0.1, 0.15) is 26.7 Å². The number of nitrogens with zero attached hydrogens (tertiary/aromatic N) is 4. The van der Waals surface area contributed by atoms with Gasteiger partial charge in [-0.2, -0.15) is 0 Å². The van der Waals surface area contributed by atoms with Crippen LogP contribution in [0.15, 0.2) is 4.99 Å². The van der Waals surface area contributed by atoms with Crippen molar-refractivity contribution in [2.45, 2.75) is 26.7 Å². The Bertz CT molecular complexity index is 347. The molecule has 0 amide bonds. The van der Waals surface area contributed by atoms with Crippen molar-refractivity contribution < 1.29 is 0 Å². The summed E-state index contributed by atoms with van der Waals surface area (Å²) in [6, 6.07) is 0. The topological polar surface area (TPSA) is 34.1 Å². The molecule has 5 nitrogen and oxygen atoms in total. The van der Waals surface area contributed by atoms with Crippen LogP contribution in [0.5, 0.6) is 0 Å². The zero-order chi connectivity index (χ0) is 15.9. The molecule has 0 radical (unpaired) electrons. The third-order valence-corrected chi connectivity index (χ3v) is 4.78. The molecule has 1 N–H and O–H groups in total. The maximum Gasteiger partial charge on any atom is 0.193 e. The van der Waals surface area contributed by atoms with Crippen LogP contribution in [0.4, 0.5) is 0 Å². The smallest absolute Gasteiger partial charge is 0.193 e. The van der Waals surface area contributed by atoms with Gasteiger partial charge in [0, 0.05) is 52.9 Å². The lowest BCUT2D eigenvalue weighted by molar-refractivity contribution is 0.162. The summed E-state index contributed by atoms with van der Waals surface area (Å²) in [6.45, 7) is 13.8. The third kappa shape index (κ3) is 5.43. The van der Waals surface area contributed by atoms with E-state index in [1.54, 1.807) is 0 Å². The van der Waals surface area contributed by atoms with E-state index in [9.17, 15) is 0 Å². The average Bonchev–Trinajstić information content (AvgIpc) is 2.49. The SMILES string of the molecule is CN=C(NCC1CCCN(C)C1)N1CCN(CC(C)C)CC1. The van der Waals surface area contributed by atoms with Crippen molar-refractivity contribution in [1.29, 1.82) is 0 Å². The summed E-state index contributed by atoms with van der Waals surface area (Å²) in [5.41, 5.74) is 0. The lowest BCUT2D eigenvalue weighted by atomic mass is 9.98. The summed E-state index contributed by atoms with van der Waals surface area (Å²) in [5, 5.41) is 3.62. The highest BCUT2D eigenvalue weighted by molar-refractivity contribution is 5.80. The predicted octanol–water partition coefficient (Wildman–Crippen LogP) is 1.18. The molecule has 2 aliphatic heterocycles. The molecule has 0 bridgehead atoms. The van der Waals surface area contributed by atoms with Gasteiger partial charge in [-0.1, -0.05) is 13.8 Å². The molecular weight excluding hydrogens is 274 g/mol. The van der Waals surface area contributed by atoms with E-state index in [-0.39, 0.29) is 0 Å². The highest BCUT2D eigenvalue weighted by Crippen LogP contribution is 2.14. The Kier molecular flexibility index (Phi) is 6.96. The van der Waals surface area contributed by atoms with Gasteiger partial charge in [0.1, 0.15) is 0 Å². The lowest BCUT2D eigenvalue weighted by Gasteiger charge is -2.38. The molecule has 22 heavy (non-hydrogen) atoms. The Morgan fingerprint density at radius 1 is 1.18 bits per heavy atom. The first kappa shape index (κ1) is 17.5. The molecule has 0 aromatic heterocycles. The van der Waals surface area contributed by atoms with Crippen LogP contribution in [-0.2, 0) is 0 Å². The first-order valence-corrected chi connectivity index (χ1v) is 8.95. The van der Waals surface area contributed by atoms with E-state index in [1.807, 2.05) is 7.05 Å². The molecule has 0 aromatic rings. The number of rotatable bonds is 4. The van der Waals surface area contributed by atoms with Crippen molar-refractivity contribution in [1.82, 2.24) is 20.0 Å². The van der Waals surface area contributed by atoms with Crippen LogP contribution in [0.25, 0.3) is 0 Å². The zero-order valence-corrected chi connectivity index (χ0v) is 15.0. The van der Waals surface area contributed by atoms with Gasteiger partial charge < -0.3 is 15.1 Å². The van der Waals surface area contributed by atoms with Crippen molar-refractivity contribution in [2.75, 3.05) is 66.5 Å². The molecule has 2 fully saturated rings. The van der Waals surface area contributed by atoms with Crippen LogP contribution >= 0.6 is 0 Å². The lowest BCUT2D eigenvalue weighted by Crippen LogP contribution is -2.53. The summed E-state index contributed by atoms with van der Waals surface area (Å²) in [7, 11) is 4.14. The van der Waals surface area contributed by atoms with E-state index in [2.05, 4.69) is 45.9 Å². The molecule has 2 saturated heterocycles. The average molecular weight is 310 g/mol. The van der Waals surface area contributed by atoms with Crippen molar-refractivity contribution in [3.8, 4) is 0 Å². The molecule has 1 unspecified atom stereocenters. The van der Waals surface area contributed by atoms with Gasteiger partial charge in [0.05, 0.1) is 0 Å². The molecule has 2 rings (SSSR count). The van der Waals surface area contributed by atoms with Gasteiger partial charge in [-0.15, -0.1) is 0 Å². The van der Waals surface area contributed by atoms with Gasteiger partial charge in [0.2, 0.25) is 0 Å². The molecule has 2 heterocycles. The van der Waals surface area contributed by atoms with Crippen LogP contribution in [-0.4, -0.2) is 87.1 Å². The molecule has 1 atom stereocenters. The fourth-order valence-electron chi connectivity index (χ4n) is 3.67. The van der Waals surface area contributed by atoms with Crippen molar-refractivity contribution in [3.63, 3.8) is 0 Å². The molecule has 0 aliphatic carbocycles. The fraction of sp³-hybridized carbons (Fsp3) is 0.941. The van der Waals surface area contributed by atoms with Crippen molar-refractivity contribution in [3.05, 3.63) is 0 Å². The normalized spacial score (nSPS) is 25.8. The molecule has 0 spiro atoms. The minimum Gasteiger partial charge on any atom is -0.356 e. The summed E-state index contributed by atoms with van der Waals surface area (Å²) in [4.78, 5) is 11.9. The van der Waals surface area contributed by atoms with Gasteiger partial charge in [-0.3, -0.25) is 9.89 Å². The minimum atomic E-state index is 0.757. The number of hydrogen-bond acceptors (Lipinski definition) is 3. The first-order chi connectivity index (χ1) is 10.6. The molecule has 128 valence electrons. The van der Waals surface area contributed by atoms with E-state index in [0.29, 0.717) is 0 Å². The summed E-state index contributed by atoms with van der Waals surface area (Å²) >= 11 is 0. The highest BCUT2D eigenvalue weighted by atomic mass is 15.3. The van der Waals surface area contributed by atoms with Gasteiger partial charge >= 0.3 is 0 Å². The van der Waals surface area contributed by atoms with Gasteiger partial charge in [0.25, 0.3) is 0 Å². The number of nitrogens with one attached hydrogen (secondary N) is 1. The molecule has 0 aromatic carbocycles. The van der Waals surface area contributed by atoms with E-state index in [1.165, 1.54) is 32.5 Å². The summed E-state index contributed by atoms with van der Waals surface area (Å²) in [6.07, 6.45) is 2.67. The number of aliphatic imine (C=N–C) groups is 1. The Morgan fingerprint density at radius 2 is 1.91 bits per heavy atom. The van der Waals surface area contributed by atoms with Gasteiger partial charge in [-0.05, 0) is 38.3 Å². The van der Waals surface area contributed by atoms with Gasteiger partial charge in [-0.25, -0.2) is 0 Å². The fourth-order valence-corrected chi connectivity index (χ4v) is 3.67. The van der Waals surface area contributed by atoms with E-state index in [0.717, 1.165) is 50.5 Å². The number of guanidine groups is 1. The summed E-state index contributed by atoms with van der Waals surface area (Å²) < 4.78 is 0. The molecular formula is C17H35N5. The van der Waals surface area contributed by atoms with Crippen molar-refractivity contribution in [2.24, 2.45) is 16.8 Å². The number of likely N-dealkylation sites (tertiary alicyclic amines) is 1. The zero-order valence-electron chi connectivity index (χ0n) is 15.0. The van der Waals surface area contributed by atoms with E-state index < -0.39 is 0 Å². The van der Waals surface area contributed by atoms with Crippen LogP contribution < -0.4 is 5.32 Å². The highest BCUT2D eigenvalue weighted by Gasteiger charge is 2.22. The molecule has 5 heteroatoms. The number of hydrogen-bond donors (Lipinski definition) is 1. The monoisotopic (exact) mass is 309 g/mol. The second kappa shape index (κ2) is 8.73. The maximum absolute atomic E-state index is 4.50. The molecule has 0 saturated carbocycles. The van der Waals surface area contributed by atoms with E-state index in [4.69, 9.17) is 0 Å².